The zero-order valence-corrected chi connectivity index (χ0v) is 14.6. The average molecular weight is 313 g/mol. The number of aryl methyl sites for hydroxylation is 1. The molecule has 0 atom stereocenters. The van der Waals surface area contributed by atoms with Crippen molar-refractivity contribution >= 4 is 11.6 Å². The smallest absolute Gasteiger partial charge is 0.108 e. The number of aromatic nitrogens is 2. The third kappa shape index (κ3) is 3.29. The monoisotopic (exact) mass is 312 g/mol. The Balaban J connectivity index is 2.17. The van der Waals surface area contributed by atoms with Crippen LogP contribution in [-0.4, -0.2) is 14.9 Å². The summed E-state index contributed by atoms with van der Waals surface area (Å²) in [6, 6.07) is 0. The van der Waals surface area contributed by atoms with E-state index >= 15 is 0 Å². The molecule has 0 spiro atoms. The van der Waals surface area contributed by atoms with E-state index in [-0.39, 0.29) is 0 Å². The Morgan fingerprint density at radius 2 is 2.00 bits per heavy atom. The Labute approximate surface area is 133 Å². The number of halogens is 1. The van der Waals surface area contributed by atoms with Crippen LogP contribution < -0.4 is 0 Å². The summed E-state index contributed by atoms with van der Waals surface area (Å²) in [6.07, 6.45) is 7.55. The van der Waals surface area contributed by atoms with Gasteiger partial charge in [0.2, 0.25) is 0 Å². The lowest BCUT2D eigenvalue weighted by molar-refractivity contribution is -0.0391. The normalized spacial score (nSPS) is 27.0. The van der Waals surface area contributed by atoms with E-state index in [9.17, 15) is 5.11 Å². The first-order valence-electron chi connectivity index (χ1n) is 8.28. The van der Waals surface area contributed by atoms with Crippen LogP contribution in [0, 0.1) is 11.3 Å². The van der Waals surface area contributed by atoms with E-state index in [0.29, 0.717) is 16.4 Å². The van der Waals surface area contributed by atoms with Crippen molar-refractivity contribution in [3.63, 3.8) is 0 Å². The standard InChI is InChI=1S/C17H29ClN2O/c1-5-11-20-15(14(18)12-19-20)17(21)9-7-13(8-10-17)16(3,4)6-2/h12-13,21H,5-11H2,1-4H3. The summed E-state index contributed by atoms with van der Waals surface area (Å²) in [5.41, 5.74) is 0.386. The van der Waals surface area contributed by atoms with Gasteiger partial charge < -0.3 is 5.11 Å². The van der Waals surface area contributed by atoms with E-state index in [1.807, 2.05) is 4.68 Å². The number of hydrogen-bond acceptors (Lipinski definition) is 2. The quantitative estimate of drug-likeness (QED) is 0.851. The summed E-state index contributed by atoms with van der Waals surface area (Å²) in [5, 5.41) is 16.1. The van der Waals surface area contributed by atoms with Crippen LogP contribution in [0.1, 0.15) is 71.9 Å². The molecular weight excluding hydrogens is 284 g/mol. The average Bonchev–Trinajstić information content (AvgIpc) is 2.81. The van der Waals surface area contributed by atoms with Gasteiger partial charge in [0.25, 0.3) is 0 Å². The lowest BCUT2D eigenvalue weighted by atomic mass is 9.66. The molecule has 1 N–H and O–H groups in total. The van der Waals surface area contributed by atoms with E-state index in [1.54, 1.807) is 6.20 Å². The molecule has 0 aliphatic heterocycles. The van der Waals surface area contributed by atoms with Crippen LogP contribution >= 0.6 is 11.6 Å². The van der Waals surface area contributed by atoms with Crippen molar-refractivity contribution in [3.05, 3.63) is 16.9 Å². The second-order valence-electron chi connectivity index (χ2n) is 7.21. The highest BCUT2D eigenvalue weighted by molar-refractivity contribution is 6.31. The molecule has 1 aromatic rings. The van der Waals surface area contributed by atoms with E-state index in [4.69, 9.17) is 11.6 Å². The van der Waals surface area contributed by atoms with Gasteiger partial charge in [-0.3, -0.25) is 4.68 Å². The molecule has 2 rings (SSSR count). The second kappa shape index (κ2) is 6.29. The van der Waals surface area contributed by atoms with Crippen molar-refractivity contribution in [1.29, 1.82) is 0 Å². The fraction of sp³-hybridized carbons (Fsp3) is 0.824. The van der Waals surface area contributed by atoms with Crippen LogP contribution in [0.5, 0.6) is 0 Å². The fourth-order valence-electron chi connectivity index (χ4n) is 3.61. The maximum Gasteiger partial charge on any atom is 0.108 e. The van der Waals surface area contributed by atoms with E-state index in [2.05, 4.69) is 32.8 Å². The number of nitrogens with zero attached hydrogens (tertiary/aromatic N) is 2. The lowest BCUT2D eigenvalue weighted by Gasteiger charge is -2.42. The Morgan fingerprint density at radius 1 is 1.38 bits per heavy atom. The molecule has 1 aromatic heterocycles. The van der Waals surface area contributed by atoms with Gasteiger partial charge in [0, 0.05) is 6.54 Å². The van der Waals surface area contributed by atoms with Gasteiger partial charge in [0.05, 0.1) is 16.9 Å². The number of aliphatic hydroxyl groups is 1. The molecule has 120 valence electrons. The highest BCUT2D eigenvalue weighted by atomic mass is 35.5. The van der Waals surface area contributed by atoms with E-state index in [1.165, 1.54) is 6.42 Å². The van der Waals surface area contributed by atoms with Gasteiger partial charge in [-0.2, -0.15) is 5.10 Å². The maximum atomic E-state index is 11.1. The Morgan fingerprint density at radius 3 is 2.52 bits per heavy atom. The minimum atomic E-state index is -0.803. The van der Waals surface area contributed by atoms with E-state index in [0.717, 1.165) is 44.3 Å². The number of rotatable bonds is 5. The van der Waals surface area contributed by atoms with Crippen molar-refractivity contribution in [2.24, 2.45) is 11.3 Å². The van der Waals surface area contributed by atoms with Gasteiger partial charge in [-0.25, -0.2) is 0 Å². The highest BCUT2D eigenvalue weighted by Gasteiger charge is 2.42. The molecule has 0 amide bonds. The summed E-state index contributed by atoms with van der Waals surface area (Å²) in [7, 11) is 0. The molecule has 1 saturated carbocycles. The molecule has 1 fully saturated rings. The molecule has 1 aliphatic rings. The summed E-state index contributed by atoms with van der Waals surface area (Å²) < 4.78 is 1.90. The largest absolute Gasteiger partial charge is 0.384 e. The van der Waals surface area contributed by atoms with Gasteiger partial charge in [-0.15, -0.1) is 0 Å². The Kier molecular flexibility index (Phi) is 5.04. The van der Waals surface area contributed by atoms with Crippen LogP contribution in [0.4, 0.5) is 0 Å². The molecule has 0 radical (unpaired) electrons. The maximum absolute atomic E-state index is 11.1. The first-order valence-corrected chi connectivity index (χ1v) is 8.66. The molecule has 0 bridgehead atoms. The third-order valence-electron chi connectivity index (χ3n) is 5.50. The zero-order valence-electron chi connectivity index (χ0n) is 13.8. The minimum absolute atomic E-state index is 0.356. The number of hydrogen-bond donors (Lipinski definition) is 1. The van der Waals surface area contributed by atoms with Crippen molar-refractivity contribution in [3.8, 4) is 0 Å². The van der Waals surface area contributed by atoms with Crippen LogP contribution in [-0.2, 0) is 12.1 Å². The van der Waals surface area contributed by atoms with Crippen LogP contribution in [0.15, 0.2) is 6.20 Å². The summed E-state index contributed by atoms with van der Waals surface area (Å²) in [5.74, 6) is 0.684. The second-order valence-corrected chi connectivity index (χ2v) is 7.62. The van der Waals surface area contributed by atoms with Gasteiger partial charge in [0.1, 0.15) is 5.60 Å². The summed E-state index contributed by atoms with van der Waals surface area (Å²) in [4.78, 5) is 0. The molecule has 0 aromatic carbocycles. The van der Waals surface area contributed by atoms with Gasteiger partial charge in [-0.1, -0.05) is 45.7 Å². The predicted octanol–water partition coefficient (Wildman–Crippen LogP) is 4.76. The molecule has 0 unspecified atom stereocenters. The molecule has 4 heteroatoms. The fourth-order valence-corrected chi connectivity index (χ4v) is 3.93. The van der Waals surface area contributed by atoms with Crippen LogP contribution in [0.2, 0.25) is 5.02 Å². The molecule has 1 heterocycles. The van der Waals surface area contributed by atoms with E-state index < -0.39 is 5.60 Å². The summed E-state index contributed by atoms with van der Waals surface area (Å²) in [6.45, 7) is 9.87. The van der Waals surface area contributed by atoms with Crippen molar-refractivity contribution < 1.29 is 5.11 Å². The summed E-state index contributed by atoms with van der Waals surface area (Å²) >= 11 is 6.31. The first-order chi connectivity index (χ1) is 9.84. The molecule has 0 saturated heterocycles. The van der Waals surface area contributed by atoms with Crippen LogP contribution in [0.3, 0.4) is 0 Å². The topological polar surface area (TPSA) is 38.0 Å². The minimum Gasteiger partial charge on any atom is -0.384 e. The first kappa shape index (κ1) is 16.8. The Bertz CT molecular complexity index is 473. The molecular formula is C17H29ClN2O. The van der Waals surface area contributed by atoms with Gasteiger partial charge >= 0.3 is 0 Å². The molecule has 1 aliphatic carbocycles. The lowest BCUT2D eigenvalue weighted by Crippen LogP contribution is -2.38. The SMILES string of the molecule is CCCn1ncc(Cl)c1C1(O)CCC(C(C)(C)CC)CC1. The van der Waals surface area contributed by atoms with Gasteiger partial charge in [-0.05, 0) is 43.4 Å². The molecule has 21 heavy (non-hydrogen) atoms. The van der Waals surface area contributed by atoms with Crippen LogP contribution in [0.25, 0.3) is 0 Å². The van der Waals surface area contributed by atoms with Gasteiger partial charge in [0.15, 0.2) is 0 Å². The van der Waals surface area contributed by atoms with Crippen molar-refractivity contribution in [1.82, 2.24) is 9.78 Å². The predicted molar refractivity (Wildman–Crippen MR) is 87.5 cm³/mol. The van der Waals surface area contributed by atoms with Crippen molar-refractivity contribution in [2.45, 2.75) is 78.4 Å². The third-order valence-corrected chi connectivity index (χ3v) is 5.78. The van der Waals surface area contributed by atoms with Crippen molar-refractivity contribution in [2.75, 3.05) is 0 Å². The Hall–Kier alpha value is -0.540. The highest BCUT2D eigenvalue weighted by Crippen LogP contribution is 2.47. The molecule has 3 nitrogen and oxygen atoms in total. The zero-order chi connectivity index (χ0) is 15.7.